The zero-order chi connectivity index (χ0) is 16.5. The van der Waals surface area contributed by atoms with Crippen molar-refractivity contribution in [3.05, 3.63) is 65.7 Å². The quantitative estimate of drug-likeness (QED) is 0.761. The molecule has 1 amide bonds. The van der Waals surface area contributed by atoms with Crippen molar-refractivity contribution in [2.24, 2.45) is 0 Å². The van der Waals surface area contributed by atoms with E-state index in [0.717, 1.165) is 11.3 Å². The zero-order valence-electron chi connectivity index (χ0n) is 13.2. The first-order valence-electron chi connectivity index (χ1n) is 7.67. The standard InChI is InChI=1S/C19H21NO3/c1-23-17-12-10-15(11-13-17)14-20-19(22)9-5-8-18(21)16-6-3-2-4-7-16/h2-4,6-7,10-13H,5,8-9,14H2,1H3,(H,20,22). The maximum atomic E-state index is 11.9. The number of Topliss-reactive ketones (excluding diaryl/α,β-unsaturated/α-hetero) is 1. The molecule has 0 spiro atoms. The van der Waals surface area contributed by atoms with Gasteiger partial charge in [-0.3, -0.25) is 9.59 Å². The van der Waals surface area contributed by atoms with Gasteiger partial charge < -0.3 is 10.1 Å². The molecule has 0 saturated heterocycles. The Morgan fingerprint density at radius 2 is 1.65 bits per heavy atom. The average molecular weight is 311 g/mol. The molecule has 2 aromatic carbocycles. The Morgan fingerprint density at radius 3 is 2.30 bits per heavy atom. The van der Waals surface area contributed by atoms with Crippen molar-refractivity contribution in [3.63, 3.8) is 0 Å². The summed E-state index contributed by atoms with van der Waals surface area (Å²) in [5.41, 5.74) is 1.71. The molecule has 0 aliphatic heterocycles. The van der Waals surface area contributed by atoms with Crippen molar-refractivity contribution in [2.75, 3.05) is 7.11 Å². The third-order valence-corrected chi connectivity index (χ3v) is 3.55. The van der Waals surface area contributed by atoms with Crippen molar-refractivity contribution in [1.82, 2.24) is 5.32 Å². The van der Waals surface area contributed by atoms with Gasteiger partial charge in [-0.05, 0) is 24.1 Å². The van der Waals surface area contributed by atoms with E-state index < -0.39 is 0 Å². The van der Waals surface area contributed by atoms with Gasteiger partial charge in [-0.2, -0.15) is 0 Å². The van der Waals surface area contributed by atoms with Crippen molar-refractivity contribution in [3.8, 4) is 5.75 Å². The van der Waals surface area contributed by atoms with E-state index in [0.29, 0.717) is 31.4 Å². The number of rotatable bonds is 8. The summed E-state index contributed by atoms with van der Waals surface area (Å²) in [5.74, 6) is 0.828. The topological polar surface area (TPSA) is 55.4 Å². The minimum atomic E-state index is -0.0401. The second kappa shape index (κ2) is 8.73. The monoisotopic (exact) mass is 311 g/mol. The molecular weight excluding hydrogens is 290 g/mol. The Kier molecular flexibility index (Phi) is 6.36. The van der Waals surface area contributed by atoms with Crippen LogP contribution in [0.15, 0.2) is 54.6 Å². The summed E-state index contributed by atoms with van der Waals surface area (Å²) in [6, 6.07) is 16.7. The number of carbonyl (C=O) groups is 2. The van der Waals surface area contributed by atoms with Crippen molar-refractivity contribution < 1.29 is 14.3 Å². The van der Waals surface area contributed by atoms with Crippen LogP contribution in [0, 0.1) is 0 Å². The lowest BCUT2D eigenvalue weighted by molar-refractivity contribution is -0.121. The zero-order valence-corrected chi connectivity index (χ0v) is 13.2. The van der Waals surface area contributed by atoms with Crippen molar-refractivity contribution >= 4 is 11.7 Å². The van der Waals surface area contributed by atoms with Gasteiger partial charge >= 0.3 is 0 Å². The number of ketones is 1. The predicted molar refractivity (Wildman–Crippen MR) is 89.5 cm³/mol. The number of benzene rings is 2. The van der Waals surface area contributed by atoms with E-state index in [-0.39, 0.29) is 11.7 Å². The van der Waals surface area contributed by atoms with Gasteiger partial charge in [-0.25, -0.2) is 0 Å². The molecule has 1 N–H and O–H groups in total. The van der Waals surface area contributed by atoms with E-state index in [4.69, 9.17) is 4.74 Å². The second-order valence-electron chi connectivity index (χ2n) is 5.27. The smallest absolute Gasteiger partial charge is 0.220 e. The molecule has 0 bridgehead atoms. The fourth-order valence-corrected chi connectivity index (χ4v) is 2.21. The maximum Gasteiger partial charge on any atom is 0.220 e. The van der Waals surface area contributed by atoms with Gasteiger partial charge in [0.1, 0.15) is 5.75 Å². The number of hydrogen-bond donors (Lipinski definition) is 1. The van der Waals surface area contributed by atoms with Crippen LogP contribution in [0.4, 0.5) is 0 Å². The molecule has 0 aliphatic rings. The normalized spacial score (nSPS) is 10.1. The van der Waals surface area contributed by atoms with Crippen molar-refractivity contribution in [1.29, 1.82) is 0 Å². The van der Waals surface area contributed by atoms with E-state index in [1.807, 2.05) is 42.5 Å². The molecule has 0 fully saturated rings. The van der Waals surface area contributed by atoms with E-state index >= 15 is 0 Å². The molecule has 2 rings (SSSR count). The van der Waals surface area contributed by atoms with Crippen LogP contribution in [0.3, 0.4) is 0 Å². The maximum absolute atomic E-state index is 11.9. The molecule has 2 aromatic rings. The van der Waals surface area contributed by atoms with Crippen LogP contribution in [0.25, 0.3) is 0 Å². The highest BCUT2D eigenvalue weighted by molar-refractivity contribution is 5.96. The minimum absolute atomic E-state index is 0.0401. The highest BCUT2D eigenvalue weighted by Crippen LogP contribution is 2.11. The Morgan fingerprint density at radius 1 is 0.957 bits per heavy atom. The summed E-state index contributed by atoms with van der Waals surface area (Å²) < 4.78 is 5.09. The van der Waals surface area contributed by atoms with Crippen molar-refractivity contribution in [2.45, 2.75) is 25.8 Å². The molecule has 0 heterocycles. The highest BCUT2D eigenvalue weighted by atomic mass is 16.5. The van der Waals surface area contributed by atoms with E-state index in [2.05, 4.69) is 5.32 Å². The molecule has 0 aliphatic carbocycles. The Bertz CT molecular complexity index is 635. The van der Waals surface area contributed by atoms with Crippen LogP contribution < -0.4 is 10.1 Å². The molecule has 0 atom stereocenters. The molecule has 0 radical (unpaired) electrons. The molecule has 120 valence electrons. The van der Waals surface area contributed by atoms with Gasteiger partial charge in [0, 0.05) is 24.9 Å². The van der Waals surface area contributed by atoms with E-state index in [9.17, 15) is 9.59 Å². The van der Waals surface area contributed by atoms with Crippen LogP contribution >= 0.6 is 0 Å². The molecular formula is C19H21NO3. The summed E-state index contributed by atoms with van der Waals surface area (Å²) in [4.78, 5) is 23.7. The van der Waals surface area contributed by atoms with Crippen LogP contribution in [0.5, 0.6) is 5.75 Å². The molecule has 0 saturated carbocycles. The lowest BCUT2D eigenvalue weighted by Crippen LogP contribution is -2.22. The first-order chi connectivity index (χ1) is 11.2. The SMILES string of the molecule is COc1ccc(CNC(=O)CCCC(=O)c2ccccc2)cc1. The summed E-state index contributed by atoms with van der Waals surface area (Å²) in [6.07, 6.45) is 1.30. The number of methoxy groups -OCH3 is 1. The third-order valence-electron chi connectivity index (χ3n) is 3.55. The third kappa shape index (κ3) is 5.58. The average Bonchev–Trinajstić information content (AvgIpc) is 2.61. The van der Waals surface area contributed by atoms with Gasteiger partial charge in [0.2, 0.25) is 5.91 Å². The predicted octanol–water partition coefficient (Wildman–Crippen LogP) is 3.36. The fourth-order valence-electron chi connectivity index (χ4n) is 2.21. The highest BCUT2D eigenvalue weighted by Gasteiger charge is 2.07. The number of ether oxygens (including phenoxy) is 1. The van der Waals surface area contributed by atoms with Gasteiger partial charge in [0.05, 0.1) is 7.11 Å². The van der Waals surface area contributed by atoms with Gasteiger partial charge in [0.15, 0.2) is 5.78 Å². The largest absolute Gasteiger partial charge is 0.497 e. The number of hydrogen-bond acceptors (Lipinski definition) is 3. The summed E-state index contributed by atoms with van der Waals surface area (Å²) in [5, 5.41) is 2.86. The van der Waals surface area contributed by atoms with E-state index in [1.165, 1.54) is 0 Å². The van der Waals surface area contributed by atoms with Crippen LogP contribution in [-0.4, -0.2) is 18.8 Å². The van der Waals surface area contributed by atoms with Gasteiger partial charge in [-0.15, -0.1) is 0 Å². The molecule has 0 aromatic heterocycles. The Hall–Kier alpha value is -2.62. The Labute approximate surface area is 136 Å². The lowest BCUT2D eigenvalue weighted by atomic mass is 10.1. The first-order valence-corrected chi connectivity index (χ1v) is 7.67. The van der Waals surface area contributed by atoms with Gasteiger partial charge in [0.25, 0.3) is 0 Å². The van der Waals surface area contributed by atoms with Crippen LogP contribution in [0.1, 0.15) is 35.2 Å². The summed E-state index contributed by atoms with van der Waals surface area (Å²) >= 11 is 0. The molecule has 0 unspecified atom stereocenters. The van der Waals surface area contributed by atoms with Crippen LogP contribution in [0.2, 0.25) is 0 Å². The molecule has 4 heteroatoms. The van der Waals surface area contributed by atoms with Gasteiger partial charge in [-0.1, -0.05) is 42.5 Å². The van der Waals surface area contributed by atoms with E-state index in [1.54, 1.807) is 19.2 Å². The Balaban J connectivity index is 1.67. The number of carbonyl (C=O) groups excluding carboxylic acids is 2. The lowest BCUT2D eigenvalue weighted by Gasteiger charge is -2.06. The molecule has 23 heavy (non-hydrogen) atoms. The summed E-state index contributed by atoms with van der Waals surface area (Å²) in [7, 11) is 1.62. The minimum Gasteiger partial charge on any atom is -0.497 e. The fraction of sp³-hybridized carbons (Fsp3) is 0.263. The number of amides is 1. The summed E-state index contributed by atoms with van der Waals surface area (Å²) in [6.45, 7) is 0.482. The van der Waals surface area contributed by atoms with Crippen LogP contribution in [-0.2, 0) is 11.3 Å². The first kappa shape index (κ1) is 16.7. The number of nitrogens with one attached hydrogen (secondary N) is 1. The molecule has 4 nitrogen and oxygen atoms in total. The second-order valence-corrected chi connectivity index (χ2v) is 5.27.